The van der Waals surface area contributed by atoms with Gasteiger partial charge in [0.15, 0.2) is 11.5 Å². The van der Waals surface area contributed by atoms with Crippen LogP contribution in [0.3, 0.4) is 0 Å². The molecule has 0 spiro atoms. The lowest BCUT2D eigenvalue weighted by molar-refractivity contribution is 0.0836. The molecule has 1 aromatic heterocycles. The number of hydrogen-bond donors (Lipinski definition) is 2. The first-order valence-corrected chi connectivity index (χ1v) is 9.29. The lowest BCUT2D eigenvalue weighted by Crippen LogP contribution is -2.25. The maximum absolute atomic E-state index is 11.1. The summed E-state index contributed by atoms with van der Waals surface area (Å²) < 4.78 is 11.0. The summed E-state index contributed by atoms with van der Waals surface area (Å²) in [6.07, 6.45) is 3.03. The first kappa shape index (κ1) is 21.0. The smallest absolute Gasteiger partial charge is 0.248 e. The van der Waals surface area contributed by atoms with Crippen molar-refractivity contribution in [2.45, 2.75) is 19.6 Å². The topological polar surface area (TPSA) is 125 Å². The van der Waals surface area contributed by atoms with E-state index in [-0.39, 0.29) is 13.2 Å². The molecular formula is C21H23N5O4. The van der Waals surface area contributed by atoms with Crippen LogP contribution in [0, 0.1) is 0 Å². The number of hydrogen-bond acceptors (Lipinski definition) is 7. The Morgan fingerprint density at radius 2 is 2.00 bits per heavy atom. The Hall–Kier alpha value is -3.72. The van der Waals surface area contributed by atoms with Crippen molar-refractivity contribution < 1.29 is 19.4 Å². The number of rotatable bonds is 9. The van der Waals surface area contributed by atoms with E-state index in [0.29, 0.717) is 28.5 Å². The Morgan fingerprint density at radius 1 is 1.23 bits per heavy atom. The number of primary amides is 1. The number of ether oxygens (including phenoxy) is 2. The minimum Gasteiger partial charge on any atom is -0.493 e. The van der Waals surface area contributed by atoms with E-state index < -0.39 is 12.0 Å². The van der Waals surface area contributed by atoms with Gasteiger partial charge in [0.1, 0.15) is 12.7 Å². The molecular weight excluding hydrogens is 386 g/mol. The predicted molar refractivity (Wildman–Crippen MR) is 111 cm³/mol. The summed E-state index contributed by atoms with van der Waals surface area (Å²) in [5, 5.41) is 22.5. The van der Waals surface area contributed by atoms with Gasteiger partial charge in [0.2, 0.25) is 11.7 Å². The normalized spacial score (nSPS) is 12.1. The van der Waals surface area contributed by atoms with Crippen molar-refractivity contribution in [3.05, 3.63) is 59.7 Å². The van der Waals surface area contributed by atoms with Crippen LogP contribution in [0.15, 0.2) is 48.5 Å². The second-order valence-corrected chi connectivity index (χ2v) is 6.48. The molecule has 0 bridgehead atoms. The van der Waals surface area contributed by atoms with Gasteiger partial charge in [0.05, 0.1) is 13.7 Å². The number of carbonyl (C=O) groups excluding carboxylic acids is 1. The maximum atomic E-state index is 11.1. The lowest BCUT2D eigenvalue weighted by atomic mass is 10.1. The Kier molecular flexibility index (Phi) is 6.76. The van der Waals surface area contributed by atoms with E-state index in [4.69, 9.17) is 15.2 Å². The quantitative estimate of drug-likeness (QED) is 0.553. The highest BCUT2D eigenvalue weighted by Gasteiger charge is 2.13. The van der Waals surface area contributed by atoms with Crippen LogP contribution in [-0.4, -0.2) is 51.0 Å². The summed E-state index contributed by atoms with van der Waals surface area (Å²) in [5.41, 5.74) is 7.30. The zero-order valence-electron chi connectivity index (χ0n) is 16.7. The number of aromatic nitrogens is 4. The second kappa shape index (κ2) is 9.66. The third-order valence-electron chi connectivity index (χ3n) is 4.23. The zero-order valence-corrected chi connectivity index (χ0v) is 16.7. The zero-order chi connectivity index (χ0) is 21.5. The molecule has 3 N–H and O–H groups in total. The maximum Gasteiger partial charge on any atom is 0.248 e. The summed E-state index contributed by atoms with van der Waals surface area (Å²) in [5.74, 6) is 0.986. The molecule has 0 aliphatic rings. The van der Waals surface area contributed by atoms with Crippen LogP contribution in [0.4, 0.5) is 0 Å². The molecule has 2 aromatic carbocycles. The van der Waals surface area contributed by atoms with Gasteiger partial charge >= 0.3 is 0 Å². The summed E-state index contributed by atoms with van der Waals surface area (Å²) in [6.45, 7) is 2.07. The van der Waals surface area contributed by atoms with E-state index in [9.17, 15) is 9.90 Å². The van der Waals surface area contributed by atoms with Crippen LogP contribution < -0.4 is 15.2 Å². The minimum absolute atomic E-state index is 0.0313. The molecule has 9 heteroatoms. The van der Waals surface area contributed by atoms with Gasteiger partial charge in [-0.25, -0.2) is 0 Å². The fourth-order valence-corrected chi connectivity index (χ4v) is 2.75. The van der Waals surface area contributed by atoms with Gasteiger partial charge in [-0.1, -0.05) is 30.4 Å². The number of benzene rings is 2. The molecule has 0 fully saturated rings. The number of methoxy groups -OCH3 is 1. The van der Waals surface area contributed by atoms with Gasteiger partial charge in [0.25, 0.3) is 0 Å². The number of tetrazole rings is 1. The van der Waals surface area contributed by atoms with Crippen molar-refractivity contribution in [1.82, 2.24) is 20.2 Å². The van der Waals surface area contributed by atoms with E-state index in [1.54, 1.807) is 37.4 Å². The number of amides is 1. The van der Waals surface area contributed by atoms with Gasteiger partial charge in [-0.15, -0.1) is 10.2 Å². The van der Waals surface area contributed by atoms with Crippen molar-refractivity contribution in [2.24, 2.45) is 5.73 Å². The van der Waals surface area contributed by atoms with Crippen molar-refractivity contribution >= 4 is 12.0 Å². The minimum atomic E-state index is -0.857. The van der Waals surface area contributed by atoms with Crippen molar-refractivity contribution in [1.29, 1.82) is 0 Å². The molecule has 0 saturated carbocycles. The molecule has 156 valence electrons. The van der Waals surface area contributed by atoms with Crippen LogP contribution in [0.1, 0.15) is 22.8 Å². The number of aliphatic hydroxyl groups excluding tert-OH is 1. The number of carbonyl (C=O) groups is 1. The number of allylic oxidation sites excluding steroid dienone is 1. The summed E-state index contributed by atoms with van der Waals surface area (Å²) in [7, 11) is 1.56. The Bertz CT molecular complexity index is 1030. The highest BCUT2D eigenvalue weighted by molar-refractivity contribution is 5.93. The third-order valence-corrected chi connectivity index (χ3v) is 4.23. The average Bonchev–Trinajstić information content (AvgIpc) is 3.21. The molecule has 1 unspecified atom stereocenters. The number of aliphatic hydroxyl groups is 1. The third kappa shape index (κ3) is 5.21. The predicted octanol–water partition coefficient (Wildman–Crippen LogP) is 1.92. The van der Waals surface area contributed by atoms with Crippen LogP contribution >= 0.6 is 0 Å². The first-order valence-electron chi connectivity index (χ1n) is 9.29. The Labute approximate surface area is 173 Å². The van der Waals surface area contributed by atoms with Crippen molar-refractivity contribution in [3.8, 4) is 22.9 Å². The van der Waals surface area contributed by atoms with Crippen LogP contribution in [0.2, 0.25) is 0 Å². The average molecular weight is 409 g/mol. The molecule has 3 rings (SSSR count). The highest BCUT2D eigenvalue weighted by atomic mass is 16.5. The summed E-state index contributed by atoms with van der Waals surface area (Å²) >= 11 is 0. The van der Waals surface area contributed by atoms with Gasteiger partial charge in [-0.2, -0.15) is 4.80 Å². The molecule has 1 atom stereocenters. The SMILES string of the molecule is C/C=C/c1ccc(OCC(O)Cn2nnc(-c3ccc(C(N)=O)cc3)n2)c(OC)c1. The fourth-order valence-electron chi connectivity index (χ4n) is 2.75. The Balaban J connectivity index is 1.59. The molecule has 9 nitrogen and oxygen atoms in total. The summed E-state index contributed by atoms with van der Waals surface area (Å²) in [6, 6.07) is 12.1. The molecule has 0 aliphatic heterocycles. The van der Waals surface area contributed by atoms with E-state index in [2.05, 4.69) is 15.4 Å². The molecule has 0 saturated heterocycles. The molecule has 30 heavy (non-hydrogen) atoms. The molecule has 0 radical (unpaired) electrons. The van der Waals surface area contributed by atoms with Crippen molar-refractivity contribution in [3.63, 3.8) is 0 Å². The number of nitrogens with two attached hydrogens (primary N) is 1. The molecule has 0 aliphatic carbocycles. The Morgan fingerprint density at radius 3 is 2.67 bits per heavy atom. The van der Waals surface area contributed by atoms with Crippen molar-refractivity contribution in [2.75, 3.05) is 13.7 Å². The standard InChI is InChI=1S/C21H23N5O4/c1-3-4-14-5-10-18(19(11-14)29-2)30-13-17(27)12-26-24-21(23-25-26)16-8-6-15(7-9-16)20(22)28/h3-11,17,27H,12-13H2,1-2H3,(H2,22,28)/b4-3+. The number of nitrogens with zero attached hydrogens (tertiary/aromatic N) is 4. The molecule has 1 amide bonds. The first-order chi connectivity index (χ1) is 14.5. The highest BCUT2D eigenvalue weighted by Crippen LogP contribution is 2.28. The van der Waals surface area contributed by atoms with Crippen LogP contribution in [0.25, 0.3) is 17.5 Å². The lowest BCUT2D eigenvalue weighted by Gasteiger charge is -2.14. The monoisotopic (exact) mass is 409 g/mol. The summed E-state index contributed by atoms with van der Waals surface area (Å²) in [4.78, 5) is 12.4. The van der Waals surface area contributed by atoms with E-state index in [1.165, 1.54) is 4.80 Å². The van der Waals surface area contributed by atoms with Crippen LogP contribution in [-0.2, 0) is 6.54 Å². The van der Waals surface area contributed by atoms with Crippen LogP contribution in [0.5, 0.6) is 11.5 Å². The molecule has 3 aromatic rings. The largest absolute Gasteiger partial charge is 0.493 e. The second-order valence-electron chi connectivity index (χ2n) is 6.48. The molecule has 1 heterocycles. The van der Waals surface area contributed by atoms with E-state index >= 15 is 0 Å². The van der Waals surface area contributed by atoms with Gasteiger partial charge in [-0.3, -0.25) is 4.79 Å². The van der Waals surface area contributed by atoms with Gasteiger partial charge < -0.3 is 20.3 Å². The van der Waals surface area contributed by atoms with E-state index in [0.717, 1.165) is 5.56 Å². The van der Waals surface area contributed by atoms with E-state index in [1.807, 2.05) is 31.2 Å². The fraction of sp³-hybridized carbons (Fsp3) is 0.238. The van der Waals surface area contributed by atoms with Gasteiger partial charge in [0, 0.05) is 11.1 Å². The van der Waals surface area contributed by atoms with Gasteiger partial charge in [-0.05, 0) is 42.0 Å².